The summed E-state index contributed by atoms with van der Waals surface area (Å²) in [5, 5.41) is 6.96. The second-order valence-corrected chi connectivity index (χ2v) is 4.39. The van der Waals surface area contributed by atoms with E-state index in [2.05, 4.69) is 19.9 Å². The van der Waals surface area contributed by atoms with Crippen molar-refractivity contribution in [2.24, 2.45) is 0 Å². The third kappa shape index (κ3) is 2.87. The highest BCUT2D eigenvalue weighted by atomic mass is 16.6. The molecule has 19 heavy (non-hydrogen) atoms. The molecular weight excluding hydrogens is 246 g/mol. The lowest BCUT2D eigenvalue weighted by atomic mass is 10.2. The smallest absolute Gasteiger partial charge is 0.280 e. The first kappa shape index (κ1) is 13.0. The number of hydrogen-bond donors (Lipinski definition) is 1. The summed E-state index contributed by atoms with van der Waals surface area (Å²) in [6, 6.07) is 3.72. The van der Waals surface area contributed by atoms with E-state index < -0.39 is 0 Å². The number of pyridine rings is 1. The van der Waals surface area contributed by atoms with E-state index in [1.165, 1.54) is 0 Å². The number of nitrogens with zero attached hydrogens (tertiary/aromatic N) is 4. The Labute approximate surface area is 110 Å². The number of anilines is 1. The largest absolute Gasteiger partial charge is 0.379 e. The van der Waals surface area contributed by atoms with Gasteiger partial charge >= 0.3 is 0 Å². The van der Waals surface area contributed by atoms with Crippen LogP contribution in [0.3, 0.4) is 0 Å². The quantitative estimate of drug-likeness (QED) is 0.884. The zero-order chi connectivity index (χ0) is 13.8. The summed E-state index contributed by atoms with van der Waals surface area (Å²) in [7, 11) is 0. The number of nitrogen functional groups attached to an aromatic ring is 1. The molecule has 0 saturated carbocycles. The Morgan fingerprint density at radius 1 is 1.47 bits per heavy atom. The van der Waals surface area contributed by atoms with Crippen LogP contribution in [-0.2, 0) is 6.54 Å². The highest BCUT2D eigenvalue weighted by Gasteiger charge is 2.24. The Morgan fingerprint density at radius 2 is 2.26 bits per heavy atom. The Kier molecular flexibility index (Phi) is 3.74. The van der Waals surface area contributed by atoms with Gasteiger partial charge in [0.05, 0.1) is 0 Å². The molecule has 0 spiro atoms. The van der Waals surface area contributed by atoms with E-state index in [-0.39, 0.29) is 23.5 Å². The predicted octanol–water partition coefficient (Wildman–Crippen LogP) is 1.10. The highest BCUT2D eigenvalue weighted by Crippen LogP contribution is 2.14. The first-order valence-corrected chi connectivity index (χ1v) is 5.87. The number of amides is 1. The van der Waals surface area contributed by atoms with E-state index in [0.717, 1.165) is 5.56 Å². The van der Waals surface area contributed by atoms with E-state index >= 15 is 0 Å². The molecule has 0 aliphatic heterocycles. The molecule has 7 heteroatoms. The summed E-state index contributed by atoms with van der Waals surface area (Å²) in [5.74, 6) is -0.306. The number of carbonyl (C=O) groups excluding carboxylic acids is 1. The van der Waals surface area contributed by atoms with E-state index in [0.29, 0.717) is 6.54 Å². The van der Waals surface area contributed by atoms with Crippen molar-refractivity contribution in [3.8, 4) is 0 Å². The fraction of sp³-hybridized carbons (Fsp3) is 0.333. The monoisotopic (exact) mass is 261 g/mol. The molecule has 2 rings (SSSR count). The van der Waals surface area contributed by atoms with Crippen LogP contribution in [0.2, 0.25) is 0 Å². The summed E-state index contributed by atoms with van der Waals surface area (Å²) in [6.45, 7) is 4.26. The minimum atomic E-state index is -0.308. The predicted molar refractivity (Wildman–Crippen MR) is 68.0 cm³/mol. The first-order valence-electron chi connectivity index (χ1n) is 5.87. The van der Waals surface area contributed by atoms with E-state index in [4.69, 9.17) is 5.73 Å². The Morgan fingerprint density at radius 3 is 2.79 bits per heavy atom. The van der Waals surface area contributed by atoms with Gasteiger partial charge in [0.1, 0.15) is 0 Å². The molecule has 0 bridgehead atoms. The lowest BCUT2D eigenvalue weighted by molar-refractivity contribution is 0.0679. The van der Waals surface area contributed by atoms with Crippen LogP contribution in [0.5, 0.6) is 0 Å². The van der Waals surface area contributed by atoms with Gasteiger partial charge in [0, 0.05) is 25.0 Å². The molecule has 0 atom stereocenters. The Bertz CT molecular complexity index is 552. The Hall–Kier alpha value is -2.44. The topological polar surface area (TPSA) is 98.1 Å². The third-order valence-corrected chi connectivity index (χ3v) is 2.68. The number of hydrogen-bond acceptors (Lipinski definition) is 6. The molecule has 100 valence electrons. The van der Waals surface area contributed by atoms with Crippen LogP contribution in [0.25, 0.3) is 0 Å². The average Bonchev–Trinajstić information content (AvgIpc) is 2.82. The van der Waals surface area contributed by atoms with Gasteiger partial charge in [-0.2, -0.15) is 0 Å². The van der Waals surface area contributed by atoms with Crippen LogP contribution >= 0.6 is 0 Å². The molecule has 0 unspecified atom stereocenters. The van der Waals surface area contributed by atoms with Crippen molar-refractivity contribution in [1.82, 2.24) is 20.2 Å². The van der Waals surface area contributed by atoms with Crippen molar-refractivity contribution in [3.05, 3.63) is 35.8 Å². The van der Waals surface area contributed by atoms with Crippen molar-refractivity contribution in [3.63, 3.8) is 0 Å². The van der Waals surface area contributed by atoms with Gasteiger partial charge in [-0.25, -0.2) is 4.63 Å². The van der Waals surface area contributed by atoms with E-state index in [1.54, 1.807) is 17.3 Å². The number of nitrogens with two attached hydrogens (primary N) is 1. The van der Waals surface area contributed by atoms with Crippen molar-refractivity contribution < 1.29 is 9.42 Å². The average molecular weight is 261 g/mol. The van der Waals surface area contributed by atoms with E-state index in [9.17, 15) is 4.79 Å². The molecule has 1 amide bonds. The second-order valence-electron chi connectivity index (χ2n) is 4.39. The van der Waals surface area contributed by atoms with Crippen LogP contribution in [0.1, 0.15) is 29.9 Å². The zero-order valence-corrected chi connectivity index (χ0v) is 10.8. The fourth-order valence-corrected chi connectivity index (χ4v) is 1.66. The highest BCUT2D eigenvalue weighted by molar-refractivity contribution is 5.96. The van der Waals surface area contributed by atoms with Crippen LogP contribution in [0.4, 0.5) is 5.82 Å². The van der Waals surface area contributed by atoms with Crippen molar-refractivity contribution in [2.75, 3.05) is 5.73 Å². The lowest BCUT2D eigenvalue weighted by Crippen LogP contribution is -2.37. The number of rotatable bonds is 4. The van der Waals surface area contributed by atoms with Gasteiger partial charge in [-0.3, -0.25) is 9.78 Å². The molecule has 0 fully saturated rings. The summed E-state index contributed by atoms with van der Waals surface area (Å²) in [6.07, 6.45) is 3.40. The molecule has 2 aromatic rings. The molecule has 2 aromatic heterocycles. The molecular formula is C12H15N5O2. The summed E-state index contributed by atoms with van der Waals surface area (Å²) in [5.41, 5.74) is 6.52. The maximum absolute atomic E-state index is 12.3. The van der Waals surface area contributed by atoms with Gasteiger partial charge in [0.2, 0.25) is 11.5 Å². The van der Waals surface area contributed by atoms with Gasteiger partial charge in [0.15, 0.2) is 0 Å². The number of aromatic nitrogens is 3. The number of carbonyl (C=O) groups is 1. The molecule has 7 nitrogen and oxygen atoms in total. The fourth-order valence-electron chi connectivity index (χ4n) is 1.66. The van der Waals surface area contributed by atoms with Gasteiger partial charge in [-0.05, 0) is 35.8 Å². The zero-order valence-electron chi connectivity index (χ0n) is 10.8. The van der Waals surface area contributed by atoms with Crippen molar-refractivity contribution in [2.45, 2.75) is 26.4 Å². The minimum absolute atomic E-state index is 0.00170. The summed E-state index contributed by atoms with van der Waals surface area (Å²) >= 11 is 0. The van der Waals surface area contributed by atoms with Gasteiger partial charge < -0.3 is 10.6 Å². The van der Waals surface area contributed by atoms with Crippen LogP contribution in [-0.4, -0.2) is 32.1 Å². The molecule has 0 saturated heterocycles. The van der Waals surface area contributed by atoms with Gasteiger partial charge in [-0.1, -0.05) is 6.07 Å². The second kappa shape index (κ2) is 5.47. The molecule has 2 heterocycles. The molecule has 0 aromatic carbocycles. The molecule has 0 aliphatic rings. The molecule has 0 radical (unpaired) electrons. The van der Waals surface area contributed by atoms with Crippen molar-refractivity contribution >= 4 is 11.7 Å². The Balaban J connectivity index is 2.22. The first-order chi connectivity index (χ1) is 9.09. The third-order valence-electron chi connectivity index (χ3n) is 2.68. The maximum Gasteiger partial charge on any atom is 0.280 e. The SMILES string of the molecule is CC(C)N(Cc1cccnc1)C(=O)c1nonc1N. The van der Waals surface area contributed by atoms with Gasteiger partial charge in [0.25, 0.3) is 5.91 Å². The maximum atomic E-state index is 12.3. The van der Waals surface area contributed by atoms with Crippen LogP contribution < -0.4 is 5.73 Å². The summed E-state index contributed by atoms with van der Waals surface area (Å²) < 4.78 is 4.46. The van der Waals surface area contributed by atoms with Crippen LogP contribution in [0.15, 0.2) is 29.2 Å². The normalized spacial score (nSPS) is 10.7. The summed E-state index contributed by atoms with van der Waals surface area (Å²) in [4.78, 5) is 18.0. The van der Waals surface area contributed by atoms with Crippen molar-refractivity contribution in [1.29, 1.82) is 0 Å². The molecule has 0 aliphatic carbocycles. The van der Waals surface area contributed by atoms with E-state index in [1.807, 2.05) is 26.0 Å². The van der Waals surface area contributed by atoms with Gasteiger partial charge in [-0.15, -0.1) is 0 Å². The minimum Gasteiger partial charge on any atom is -0.379 e. The molecule has 2 N–H and O–H groups in total. The standard InChI is InChI=1S/C12H15N5O2/c1-8(2)17(7-9-4-3-5-14-6-9)12(18)10-11(13)16-19-15-10/h3-6,8H,7H2,1-2H3,(H2,13,16). The van der Waals surface area contributed by atoms with Crippen LogP contribution in [0, 0.1) is 0 Å². The lowest BCUT2D eigenvalue weighted by Gasteiger charge is -2.25.